The van der Waals surface area contributed by atoms with E-state index >= 15 is 0 Å². The third-order valence-corrected chi connectivity index (χ3v) is 3.47. The molecule has 12 heavy (non-hydrogen) atoms. The van der Waals surface area contributed by atoms with E-state index < -0.39 is 18.0 Å². The second-order valence-corrected chi connectivity index (χ2v) is 4.89. The fourth-order valence-corrected chi connectivity index (χ4v) is 2.67. The van der Waals surface area contributed by atoms with E-state index in [1.807, 2.05) is 0 Å². The third-order valence-electron chi connectivity index (χ3n) is 1.43. The monoisotopic (exact) mass is 209 g/mol. The summed E-state index contributed by atoms with van der Waals surface area (Å²) in [7, 11) is 2.17. The molecule has 0 radical (unpaired) electrons. The number of rotatable bonds is 5. The molecule has 0 aromatic carbocycles. The number of ketones is 1. The SMILES string of the molecule is [2H]C([2H])(CCCC(C)=O)C1([2H])SSCC1([2H])[2H]. The summed E-state index contributed by atoms with van der Waals surface area (Å²) in [6, 6.07) is 0. The van der Waals surface area contributed by atoms with Crippen LogP contribution in [0.25, 0.3) is 0 Å². The minimum absolute atomic E-state index is 0.00343. The summed E-state index contributed by atoms with van der Waals surface area (Å²) in [4.78, 5) is 10.8. The zero-order valence-electron chi connectivity index (χ0n) is 12.1. The van der Waals surface area contributed by atoms with E-state index in [-0.39, 0.29) is 24.4 Å². The highest BCUT2D eigenvalue weighted by Crippen LogP contribution is 2.39. The topological polar surface area (TPSA) is 17.1 Å². The first-order chi connectivity index (χ1) is 7.62. The first kappa shape index (κ1) is 5.30. The zero-order valence-corrected chi connectivity index (χ0v) is 8.69. The highest BCUT2D eigenvalue weighted by Gasteiger charge is 2.15. The number of hydrogen-bond donors (Lipinski definition) is 0. The van der Waals surface area contributed by atoms with Gasteiger partial charge in [-0.25, -0.2) is 0 Å². The molecule has 0 aromatic rings. The van der Waals surface area contributed by atoms with E-state index in [4.69, 9.17) is 6.85 Å². The summed E-state index contributed by atoms with van der Waals surface area (Å²) in [5.41, 5.74) is 0. The number of carbonyl (C=O) groups excluding carboxylic acids is 1. The zero-order chi connectivity index (χ0) is 13.3. The lowest BCUT2D eigenvalue weighted by atomic mass is 10.1. The van der Waals surface area contributed by atoms with Crippen LogP contribution in [0.1, 0.15) is 45.8 Å². The Morgan fingerprint density at radius 3 is 3.25 bits per heavy atom. The molecular formula is C9H16OS2. The van der Waals surface area contributed by atoms with Gasteiger partial charge in [0.15, 0.2) is 0 Å². The van der Waals surface area contributed by atoms with Crippen LogP contribution >= 0.6 is 21.6 Å². The average Bonchev–Trinajstić information content (AvgIpc) is 2.41. The van der Waals surface area contributed by atoms with Crippen molar-refractivity contribution in [2.45, 2.75) is 44.2 Å². The van der Waals surface area contributed by atoms with E-state index in [2.05, 4.69) is 0 Å². The molecule has 1 heterocycles. The van der Waals surface area contributed by atoms with Crippen LogP contribution in [0.2, 0.25) is 0 Å². The average molecular weight is 209 g/mol. The van der Waals surface area contributed by atoms with Crippen LogP contribution in [0.5, 0.6) is 0 Å². The quantitative estimate of drug-likeness (QED) is 0.647. The normalized spacial score (nSPS) is 40.6. The molecule has 1 rings (SSSR count). The summed E-state index contributed by atoms with van der Waals surface area (Å²) in [6.45, 7) is 1.45. The molecule has 1 atom stereocenters. The molecule has 1 saturated heterocycles. The van der Waals surface area contributed by atoms with Gasteiger partial charge in [-0.15, -0.1) is 0 Å². The van der Waals surface area contributed by atoms with Gasteiger partial charge in [0.25, 0.3) is 0 Å². The van der Waals surface area contributed by atoms with Crippen LogP contribution in [0.15, 0.2) is 0 Å². The minimum atomic E-state index is -1.93. The molecule has 1 nitrogen and oxygen atoms in total. The predicted octanol–water partition coefficient (Wildman–Crippen LogP) is 3.29. The fraction of sp³-hybridized carbons (Fsp3) is 0.889. The van der Waals surface area contributed by atoms with Gasteiger partial charge in [-0.2, -0.15) is 0 Å². The van der Waals surface area contributed by atoms with E-state index in [1.165, 1.54) is 17.7 Å². The third kappa shape index (κ3) is 4.41. The van der Waals surface area contributed by atoms with Crippen LogP contribution in [0.4, 0.5) is 0 Å². The van der Waals surface area contributed by atoms with Gasteiger partial charge in [-0.1, -0.05) is 28.0 Å². The van der Waals surface area contributed by atoms with Gasteiger partial charge in [0.2, 0.25) is 0 Å². The molecule has 0 saturated carbocycles. The predicted molar refractivity (Wildman–Crippen MR) is 57.6 cm³/mol. The van der Waals surface area contributed by atoms with E-state index in [9.17, 15) is 4.79 Å². The molecule has 70 valence electrons. The van der Waals surface area contributed by atoms with Crippen molar-refractivity contribution in [3.63, 3.8) is 0 Å². The molecule has 1 aliphatic heterocycles. The van der Waals surface area contributed by atoms with E-state index in [0.717, 1.165) is 10.8 Å². The smallest absolute Gasteiger partial charge is 0.129 e. The Morgan fingerprint density at radius 1 is 1.83 bits per heavy atom. The molecule has 0 amide bonds. The maximum absolute atomic E-state index is 10.8. The maximum Gasteiger partial charge on any atom is 0.129 e. The van der Waals surface area contributed by atoms with Crippen molar-refractivity contribution in [3.05, 3.63) is 0 Å². The van der Waals surface area contributed by atoms with Gasteiger partial charge >= 0.3 is 0 Å². The molecule has 1 unspecified atom stereocenters. The standard InChI is InChI=1S/C9H16OS2/c1-8(10)4-2-3-5-9-6-7-11-12-9/h9H,2-7H2,1H3/i5D2,6D2,9D. The molecule has 0 aromatic heterocycles. The van der Waals surface area contributed by atoms with Crippen LogP contribution < -0.4 is 0 Å². The Kier molecular flexibility index (Phi) is 2.62. The molecule has 0 aliphatic carbocycles. The van der Waals surface area contributed by atoms with Crippen molar-refractivity contribution in [2.75, 3.05) is 5.75 Å². The molecule has 1 fully saturated rings. The van der Waals surface area contributed by atoms with Crippen LogP contribution in [0, 0.1) is 0 Å². The van der Waals surface area contributed by atoms with Gasteiger partial charge < -0.3 is 4.79 Å². The maximum atomic E-state index is 10.8. The van der Waals surface area contributed by atoms with E-state index in [0.29, 0.717) is 6.42 Å². The van der Waals surface area contributed by atoms with Crippen molar-refractivity contribution < 1.29 is 11.6 Å². The Labute approximate surface area is 89.5 Å². The van der Waals surface area contributed by atoms with Gasteiger partial charge in [0.05, 0.1) is 0 Å². The summed E-state index contributed by atoms with van der Waals surface area (Å²) >= 11 is 0. The van der Waals surface area contributed by atoms with Crippen molar-refractivity contribution in [3.8, 4) is 0 Å². The van der Waals surface area contributed by atoms with Gasteiger partial charge in [-0.05, 0) is 26.1 Å². The first-order valence-corrected chi connectivity index (χ1v) is 6.24. The fourth-order valence-electron chi connectivity index (χ4n) is 0.844. The second-order valence-electron chi connectivity index (χ2n) is 2.58. The summed E-state index contributed by atoms with van der Waals surface area (Å²) in [6.07, 6.45) is -3.08. The van der Waals surface area contributed by atoms with Crippen molar-refractivity contribution in [1.82, 2.24) is 0 Å². The molecule has 1 aliphatic rings. The lowest BCUT2D eigenvalue weighted by Crippen LogP contribution is -1.98. The molecule has 0 N–H and O–H groups in total. The van der Waals surface area contributed by atoms with Gasteiger partial charge in [0, 0.05) is 24.3 Å². The molecule has 3 heteroatoms. The van der Waals surface area contributed by atoms with Crippen LogP contribution in [0.3, 0.4) is 0 Å². The second kappa shape index (κ2) is 5.92. The minimum Gasteiger partial charge on any atom is -0.300 e. The molecule has 0 spiro atoms. The molecule has 0 bridgehead atoms. The number of carbonyl (C=O) groups is 1. The van der Waals surface area contributed by atoms with Gasteiger partial charge in [0.1, 0.15) is 5.78 Å². The van der Waals surface area contributed by atoms with Crippen LogP contribution in [-0.4, -0.2) is 16.8 Å². The Balaban J connectivity index is 2.71. The summed E-state index contributed by atoms with van der Waals surface area (Å²) < 4.78 is 39.4. The Morgan fingerprint density at radius 2 is 2.67 bits per heavy atom. The number of Topliss-reactive ketones (excluding diaryl/α,β-unsaturated/α-hetero) is 1. The Hall–Kier alpha value is 0.370. The van der Waals surface area contributed by atoms with Gasteiger partial charge in [-0.3, -0.25) is 0 Å². The highest BCUT2D eigenvalue weighted by molar-refractivity contribution is 8.77. The van der Waals surface area contributed by atoms with Crippen molar-refractivity contribution in [1.29, 1.82) is 0 Å². The Bertz CT molecular complexity index is 310. The van der Waals surface area contributed by atoms with Crippen molar-refractivity contribution >= 4 is 27.4 Å². The summed E-state index contributed by atoms with van der Waals surface area (Å²) in [5.74, 6) is 0.129. The summed E-state index contributed by atoms with van der Waals surface area (Å²) in [5, 5.41) is -1.79. The largest absolute Gasteiger partial charge is 0.300 e. The highest BCUT2D eigenvalue weighted by atomic mass is 33.1. The van der Waals surface area contributed by atoms with E-state index in [1.54, 1.807) is 0 Å². The lowest BCUT2D eigenvalue weighted by Gasteiger charge is -2.05. The van der Waals surface area contributed by atoms with Crippen molar-refractivity contribution in [2.24, 2.45) is 0 Å². The molecular weight excluding hydrogens is 188 g/mol. The van der Waals surface area contributed by atoms with Crippen LogP contribution in [-0.2, 0) is 4.79 Å². The lowest BCUT2D eigenvalue weighted by molar-refractivity contribution is -0.117. The number of hydrogen-bond acceptors (Lipinski definition) is 3. The first-order valence-electron chi connectivity index (χ1n) is 6.42.